The van der Waals surface area contributed by atoms with Gasteiger partial charge < -0.3 is 0 Å². The highest BCUT2D eigenvalue weighted by molar-refractivity contribution is 6.30. The Balaban J connectivity index is 2.91. The minimum Gasteiger partial charge on any atom is -0.192 e. The number of hydrogen-bond acceptors (Lipinski definition) is 1. The fourth-order valence-electron chi connectivity index (χ4n) is 1.09. The molecule has 0 aliphatic heterocycles. The van der Waals surface area contributed by atoms with E-state index in [1.807, 2.05) is 31.6 Å². The van der Waals surface area contributed by atoms with Crippen LogP contribution in [0.1, 0.15) is 18.9 Å². The maximum absolute atomic E-state index is 8.91. The topological polar surface area (TPSA) is 23.8 Å². The van der Waals surface area contributed by atoms with Crippen molar-refractivity contribution < 1.29 is 0 Å². The normalized spacial score (nSPS) is 11.1. The summed E-state index contributed by atoms with van der Waals surface area (Å²) in [5.74, 6) is 0. The summed E-state index contributed by atoms with van der Waals surface area (Å²) < 4.78 is 0. The number of hydrogen-bond donors (Lipinski definition) is 0. The first-order valence-corrected chi connectivity index (χ1v) is 4.79. The van der Waals surface area contributed by atoms with Crippen molar-refractivity contribution in [3.8, 4) is 6.07 Å². The van der Waals surface area contributed by atoms with E-state index in [-0.39, 0.29) is 0 Å². The van der Waals surface area contributed by atoms with Crippen LogP contribution in [0, 0.1) is 17.8 Å². The zero-order chi connectivity index (χ0) is 10.4. The molecule has 0 saturated heterocycles. The molecule has 1 aromatic rings. The molecule has 0 spiro atoms. The lowest BCUT2D eigenvalue weighted by Gasteiger charge is -1.98. The van der Waals surface area contributed by atoms with Gasteiger partial charge in [0.05, 0.1) is 11.6 Å². The molecule has 0 N–H and O–H groups in total. The molecule has 1 aromatic carbocycles. The van der Waals surface area contributed by atoms with Gasteiger partial charge in [-0.2, -0.15) is 5.26 Å². The second kappa shape index (κ2) is 5.47. The van der Waals surface area contributed by atoms with Crippen molar-refractivity contribution >= 4 is 17.2 Å². The van der Waals surface area contributed by atoms with Crippen molar-refractivity contribution in [2.45, 2.75) is 13.3 Å². The standard InChI is InChI=1S/C12H11ClN/c1-2-3-4-11(9-14)10-5-7-12(13)8-6-10/h2,4-8H,3H2,1H3. The fourth-order valence-corrected chi connectivity index (χ4v) is 1.22. The Morgan fingerprint density at radius 2 is 2.07 bits per heavy atom. The molecular weight excluding hydrogens is 194 g/mol. The molecule has 14 heavy (non-hydrogen) atoms. The van der Waals surface area contributed by atoms with Crippen LogP contribution in [-0.2, 0) is 0 Å². The van der Waals surface area contributed by atoms with Gasteiger partial charge >= 0.3 is 0 Å². The van der Waals surface area contributed by atoms with Crippen molar-refractivity contribution in [3.05, 3.63) is 47.3 Å². The number of unbranched alkanes of at least 4 members (excludes halogenated alkanes) is 1. The Morgan fingerprint density at radius 1 is 1.43 bits per heavy atom. The van der Waals surface area contributed by atoms with Crippen molar-refractivity contribution in [1.29, 1.82) is 5.26 Å². The van der Waals surface area contributed by atoms with E-state index in [4.69, 9.17) is 16.9 Å². The second-order valence-corrected chi connectivity index (χ2v) is 3.32. The average Bonchev–Trinajstić information content (AvgIpc) is 2.21. The minimum atomic E-state index is 0.688. The van der Waals surface area contributed by atoms with Crippen LogP contribution in [-0.4, -0.2) is 0 Å². The van der Waals surface area contributed by atoms with E-state index in [1.165, 1.54) is 0 Å². The number of halogens is 1. The Labute approximate surface area is 89.6 Å². The predicted octanol–water partition coefficient (Wildman–Crippen LogP) is 3.86. The number of nitriles is 1. The van der Waals surface area contributed by atoms with Gasteiger partial charge in [0.15, 0.2) is 0 Å². The maximum Gasteiger partial charge on any atom is 0.0994 e. The van der Waals surface area contributed by atoms with E-state index in [9.17, 15) is 0 Å². The van der Waals surface area contributed by atoms with Crippen LogP contribution < -0.4 is 0 Å². The molecule has 0 aliphatic rings. The van der Waals surface area contributed by atoms with Crippen LogP contribution in [0.3, 0.4) is 0 Å². The number of allylic oxidation sites excluding steroid dienone is 2. The summed E-state index contributed by atoms with van der Waals surface area (Å²) in [5.41, 5.74) is 1.61. The van der Waals surface area contributed by atoms with Crippen LogP contribution in [0.25, 0.3) is 5.57 Å². The first-order chi connectivity index (χ1) is 6.77. The van der Waals surface area contributed by atoms with Crippen LogP contribution in [0.15, 0.2) is 30.3 Å². The van der Waals surface area contributed by atoms with Crippen molar-refractivity contribution in [1.82, 2.24) is 0 Å². The molecule has 71 valence electrons. The monoisotopic (exact) mass is 204 g/mol. The maximum atomic E-state index is 8.91. The molecular formula is C12H11ClN. The third kappa shape index (κ3) is 2.90. The largest absolute Gasteiger partial charge is 0.192 e. The molecule has 1 rings (SSSR count). The van der Waals surface area contributed by atoms with Gasteiger partial charge in [-0.15, -0.1) is 0 Å². The van der Waals surface area contributed by atoms with Gasteiger partial charge in [0.25, 0.3) is 0 Å². The van der Waals surface area contributed by atoms with Gasteiger partial charge in [0.2, 0.25) is 0 Å². The predicted molar refractivity (Wildman–Crippen MR) is 59.6 cm³/mol. The molecule has 0 aliphatic carbocycles. The molecule has 1 radical (unpaired) electrons. The highest BCUT2D eigenvalue weighted by Crippen LogP contribution is 2.17. The first-order valence-electron chi connectivity index (χ1n) is 4.42. The Hall–Kier alpha value is -1.26. The lowest BCUT2D eigenvalue weighted by molar-refractivity contribution is 1.22. The summed E-state index contributed by atoms with van der Waals surface area (Å²) in [6.45, 7) is 1.97. The zero-order valence-corrected chi connectivity index (χ0v) is 8.75. The molecule has 0 fully saturated rings. The first kappa shape index (κ1) is 10.8. The summed E-state index contributed by atoms with van der Waals surface area (Å²) >= 11 is 5.76. The third-order valence-corrected chi connectivity index (χ3v) is 2.09. The van der Waals surface area contributed by atoms with Crippen LogP contribution in [0.5, 0.6) is 0 Å². The fraction of sp³-hybridized carbons (Fsp3) is 0.167. The van der Waals surface area contributed by atoms with E-state index in [1.54, 1.807) is 12.1 Å². The van der Waals surface area contributed by atoms with Crippen LogP contribution >= 0.6 is 11.6 Å². The highest BCUT2D eigenvalue weighted by atomic mass is 35.5. The molecule has 1 nitrogen and oxygen atoms in total. The van der Waals surface area contributed by atoms with E-state index in [0.717, 1.165) is 12.0 Å². The van der Waals surface area contributed by atoms with Crippen molar-refractivity contribution in [2.75, 3.05) is 0 Å². The van der Waals surface area contributed by atoms with Crippen molar-refractivity contribution in [3.63, 3.8) is 0 Å². The quantitative estimate of drug-likeness (QED) is 0.686. The smallest absolute Gasteiger partial charge is 0.0994 e. The van der Waals surface area contributed by atoms with Gasteiger partial charge in [-0.3, -0.25) is 0 Å². The minimum absolute atomic E-state index is 0.688. The van der Waals surface area contributed by atoms with Gasteiger partial charge in [0, 0.05) is 5.02 Å². The van der Waals surface area contributed by atoms with Gasteiger partial charge in [-0.25, -0.2) is 0 Å². The molecule has 0 unspecified atom stereocenters. The molecule has 0 atom stereocenters. The molecule has 0 heterocycles. The van der Waals surface area contributed by atoms with Crippen molar-refractivity contribution in [2.24, 2.45) is 0 Å². The summed E-state index contributed by atoms with van der Waals surface area (Å²) in [5, 5.41) is 9.60. The number of rotatable bonds is 3. The highest BCUT2D eigenvalue weighted by Gasteiger charge is 1.98. The second-order valence-electron chi connectivity index (χ2n) is 2.88. The molecule has 0 aromatic heterocycles. The lowest BCUT2D eigenvalue weighted by Crippen LogP contribution is -1.81. The van der Waals surface area contributed by atoms with Crippen LogP contribution in [0.2, 0.25) is 5.02 Å². The molecule has 2 heteroatoms. The van der Waals surface area contributed by atoms with Crippen LogP contribution in [0.4, 0.5) is 0 Å². The van der Waals surface area contributed by atoms with Gasteiger partial charge in [-0.05, 0) is 30.5 Å². The summed E-state index contributed by atoms with van der Waals surface area (Å²) in [4.78, 5) is 0. The van der Waals surface area contributed by atoms with E-state index >= 15 is 0 Å². The van der Waals surface area contributed by atoms with E-state index < -0.39 is 0 Å². The summed E-state index contributed by atoms with van der Waals surface area (Å²) in [6.07, 6.45) is 4.72. The summed E-state index contributed by atoms with van der Waals surface area (Å²) in [7, 11) is 0. The Morgan fingerprint density at radius 3 is 2.57 bits per heavy atom. The Kier molecular flexibility index (Phi) is 4.22. The number of benzene rings is 1. The summed E-state index contributed by atoms with van der Waals surface area (Å²) in [6, 6.07) is 9.46. The third-order valence-electron chi connectivity index (χ3n) is 1.83. The Bertz CT molecular complexity index is 357. The van der Waals surface area contributed by atoms with E-state index in [2.05, 4.69) is 6.07 Å². The van der Waals surface area contributed by atoms with E-state index in [0.29, 0.717) is 10.6 Å². The number of nitrogens with zero attached hydrogens (tertiary/aromatic N) is 1. The van der Waals surface area contributed by atoms with Gasteiger partial charge in [0.1, 0.15) is 0 Å². The van der Waals surface area contributed by atoms with Gasteiger partial charge in [-0.1, -0.05) is 36.7 Å². The zero-order valence-electron chi connectivity index (χ0n) is 8.00. The molecule has 0 saturated carbocycles. The molecule has 0 bridgehead atoms. The SMILES string of the molecule is C[CH]CC=C(C#N)c1ccc(Cl)cc1. The lowest BCUT2D eigenvalue weighted by atomic mass is 10.1. The molecule has 0 amide bonds. The average molecular weight is 205 g/mol.